The monoisotopic (exact) mass is 601 g/mol. The Balaban J connectivity index is 1.56. The standard InChI is InChI=1S/C35H40FN3O5/c1-23-20-26(16-19-29(23)36)30(40)21-31(37)38-27-17-14-24(15-18-27)22-39(34(42)44-35(2,3)4)32(25-10-6-5-7-11-25)33(41)43-28-12-8-9-13-28/h5-7,10-11,14-20,28,32H,8-9,12-13,21-22H2,1-4H3,(H2,37,38)/t32-/m0/s1. The van der Waals surface area contributed by atoms with Crippen LogP contribution in [-0.2, 0) is 20.8 Å². The quantitative estimate of drug-likeness (QED) is 0.112. The van der Waals surface area contributed by atoms with Crippen molar-refractivity contribution in [2.24, 2.45) is 10.7 Å². The van der Waals surface area contributed by atoms with Crippen LogP contribution >= 0.6 is 0 Å². The van der Waals surface area contributed by atoms with Crippen molar-refractivity contribution in [2.45, 2.75) is 84.1 Å². The first-order valence-electron chi connectivity index (χ1n) is 14.9. The van der Waals surface area contributed by atoms with Gasteiger partial charge in [-0.05, 0) is 100 Å². The van der Waals surface area contributed by atoms with Crippen molar-refractivity contribution in [1.29, 1.82) is 0 Å². The van der Waals surface area contributed by atoms with E-state index in [4.69, 9.17) is 15.2 Å². The van der Waals surface area contributed by atoms with Crippen LogP contribution in [0.5, 0.6) is 0 Å². The van der Waals surface area contributed by atoms with E-state index in [1.54, 1.807) is 64.1 Å². The Labute approximate surface area is 258 Å². The number of hydrogen-bond acceptors (Lipinski definition) is 6. The zero-order chi connectivity index (χ0) is 31.9. The number of nitrogens with zero attached hydrogens (tertiary/aromatic N) is 2. The van der Waals surface area contributed by atoms with Crippen molar-refractivity contribution in [3.63, 3.8) is 0 Å². The first kappa shape index (κ1) is 32.4. The summed E-state index contributed by atoms with van der Waals surface area (Å²) < 4.78 is 25.2. The lowest BCUT2D eigenvalue weighted by molar-refractivity contribution is -0.155. The molecule has 0 spiro atoms. The van der Waals surface area contributed by atoms with Crippen molar-refractivity contribution in [1.82, 2.24) is 4.90 Å². The predicted molar refractivity (Wildman–Crippen MR) is 167 cm³/mol. The van der Waals surface area contributed by atoms with E-state index >= 15 is 0 Å². The molecular weight excluding hydrogens is 561 g/mol. The maximum atomic E-state index is 13.7. The molecule has 232 valence electrons. The van der Waals surface area contributed by atoms with E-state index in [1.807, 2.05) is 18.2 Å². The van der Waals surface area contributed by atoms with E-state index in [0.29, 0.717) is 22.4 Å². The molecule has 1 aliphatic rings. The fourth-order valence-corrected chi connectivity index (χ4v) is 5.06. The summed E-state index contributed by atoms with van der Waals surface area (Å²) in [6.07, 6.45) is 2.68. The van der Waals surface area contributed by atoms with Gasteiger partial charge in [-0.15, -0.1) is 0 Å². The van der Waals surface area contributed by atoms with Gasteiger partial charge in [0.05, 0.1) is 18.7 Å². The minimum atomic E-state index is -1.01. The molecule has 0 aliphatic heterocycles. The summed E-state index contributed by atoms with van der Waals surface area (Å²) >= 11 is 0. The highest BCUT2D eigenvalue weighted by molar-refractivity contribution is 6.09. The van der Waals surface area contributed by atoms with Gasteiger partial charge in [-0.25, -0.2) is 19.0 Å². The van der Waals surface area contributed by atoms with Crippen LogP contribution in [0.25, 0.3) is 0 Å². The molecule has 8 nitrogen and oxygen atoms in total. The van der Waals surface area contributed by atoms with E-state index in [0.717, 1.165) is 31.2 Å². The normalized spacial score (nSPS) is 14.6. The molecule has 0 heterocycles. The maximum Gasteiger partial charge on any atom is 0.411 e. The van der Waals surface area contributed by atoms with Gasteiger partial charge in [0.2, 0.25) is 0 Å². The largest absolute Gasteiger partial charge is 0.461 e. The third-order valence-corrected chi connectivity index (χ3v) is 7.25. The highest BCUT2D eigenvalue weighted by Crippen LogP contribution is 2.30. The number of hydrogen-bond donors (Lipinski definition) is 1. The van der Waals surface area contributed by atoms with E-state index in [-0.39, 0.29) is 36.5 Å². The number of aryl methyl sites for hydroxylation is 1. The van der Waals surface area contributed by atoms with E-state index in [9.17, 15) is 18.8 Å². The van der Waals surface area contributed by atoms with Crippen LogP contribution in [0, 0.1) is 12.7 Å². The minimum absolute atomic E-state index is 0.0656. The van der Waals surface area contributed by atoms with E-state index in [1.165, 1.54) is 23.1 Å². The lowest BCUT2D eigenvalue weighted by atomic mass is 10.0. The summed E-state index contributed by atoms with van der Waals surface area (Å²) in [5.41, 5.74) is 7.88. The van der Waals surface area contributed by atoms with Gasteiger partial charge in [0, 0.05) is 5.56 Å². The molecule has 3 aromatic rings. The van der Waals surface area contributed by atoms with Crippen LogP contribution in [0.15, 0.2) is 77.8 Å². The van der Waals surface area contributed by atoms with Crippen LogP contribution in [0.4, 0.5) is 14.9 Å². The molecule has 0 saturated heterocycles. The average molecular weight is 602 g/mol. The van der Waals surface area contributed by atoms with Crippen molar-refractivity contribution < 1.29 is 28.2 Å². The number of ether oxygens (including phenoxy) is 2. The second kappa shape index (κ2) is 14.3. The van der Waals surface area contributed by atoms with E-state index < -0.39 is 23.7 Å². The summed E-state index contributed by atoms with van der Waals surface area (Å²) in [6.45, 7) is 6.98. The number of halogens is 1. The number of benzene rings is 3. The van der Waals surface area contributed by atoms with Gasteiger partial charge >= 0.3 is 12.1 Å². The molecule has 1 fully saturated rings. The van der Waals surface area contributed by atoms with Crippen LogP contribution in [0.3, 0.4) is 0 Å². The fraction of sp³-hybridized carbons (Fsp3) is 0.371. The highest BCUT2D eigenvalue weighted by atomic mass is 19.1. The topological polar surface area (TPSA) is 111 Å². The fourth-order valence-electron chi connectivity index (χ4n) is 5.06. The van der Waals surface area contributed by atoms with Crippen LogP contribution in [-0.4, -0.2) is 40.3 Å². The second-order valence-electron chi connectivity index (χ2n) is 12.1. The van der Waals surface area contributed by atoms with Gasteiger partial charge < -0.3 is 15.2 Å². The van der Waals surface area contributed by atoms with Gasteiger partial charge in [-0.2, -0.15) is 0 Å². The number of esters is 1. The molecule has 9 heteroatoms. The Kier molecular flexibility index (Phi) is 10.5. The molecule has 1 saturated carbocycles. The minimum Gasteiger partial charge on any atom is -0.461 e. The molecule has 1 amide bonds. The van der Waals surface area contributed by atoms with E-state index in [2.05, 4.69) is 4.99 Å². The summed E-state index contributed by atoms with van der Waals surface area (Å²) in [7, 11) is 0. The van der Waals surface area contributed by atoms with Crippen LogP contribution in [0.1, 0.15) is 86.0 Å². The highest BCUT2D eigenvalue weighted by Gasteiger charge is 2.37. The molecule has 0 aromatic heterocycles. The molecule has 0 bridgehead atoms. The number of rotatable bonds is 10. The summed E-state index contributed by atoms with van der Waals surface area (Å²) in [5.74, 6) is -1.03. The third kappa shape index (κ3) is 8.99. The molecule has 2 N–H and O–H groups in total. The maximum absolute atomic E-state index is 13.7. The number of nitrogens with two attached hydrogens (primary N) is 1. The summed E-state index contributed by atoms with van der Waals surface area (Å²) in [4.78, 5) is 45.6. The van der Waals surface area contributed by atoms with Gasteiger partial charge in [0.15, 0.2) is 11.8 Å². The van der Waals surface area contributed by atoms with Gasteiger partial charge in [0.1, 0.15) is 23.4 Å². The van der Waals surface area contributed by atoms with Crippen LogP contribution in [0.2, 0.25) is 0 Å². The third-order valence-electron chi connectivity index (χ3n) is 7.25. The molecule has 0 radical (unpaired) electrons. The molecule has 44 heavy (non-hydrogen) atoms. The first-order valence-corrected chi connectivity index (χ1v) is 14.9. The number of Topliss-reactive ketones (excluding diaryl/α,β-unsaturated/α-hetero) is 1. The molecule has 0 unspecified atom stereocenters. The Bertz CT molecular complexity index is 1490. The lowest BCUT2D eigenvalue weighted by Gasteiger charge is -2.33. The van der Waals surface area contributed by atoms with Crippen molar-refractivity contribution in [3.05, 3.63) is 101 Å². The zero-order valence-electron chi connectivity index (χ0n) is 25.7. The Morgan fingerprint density at radius 1 is 1.00 bits per heavy atom. The molecular formula is C35H40FN3O5. The molecule has 1 aliphatic carbocycles. The van der Waals surface area contributed by atoms with Crippen molar-refractivity contribution in [3.8, 4) is 0 Å². The van der Waals surface area contributed by atoms with Gasteiger partial charge in [-0.1, -0.05) is 42.5 Å². The lowest BCUT2D eigenvalue weighted by Crippen LogP contribution is -2.43. The number of amides is 1. The van der Waals surface area contributed by atoms with Crippen LogP contribution < -0.4 is 5.73 Å². The van der Waals surface area contributed by atoms with Crippen molar-refractivity contribution in [2.75, 3.05) is 0 Å². The summed E-state index contributed by atoms with van der Waals surface area (Å²) in [5, 5.41) is 0. The Morgan fingerprint density at radius 3 is 2.27 bits per heavy atom. The molecule has 3 aromatic carbocycles. The molecule has 1 atom stereocenters. The number of ketones is 1. The zero-order valence-corrected chi connectivity index (χ0v) is 25.7. The number of carbonyl (C=O) groups excluding carboxylic acids is 3. The number of aliphatic imine (C=N–C) groups is 1. The number of carbonyl (C=O) groups is 3. The Morgan fingerprint density at radius 2 is 1.66 bits per heavy atom. The molecule has 4 rings (SSSR count). The van der Waals surface area contributed by atoms with Gasteiger partial charge in [0.25, 0.3) is 0 Å². The second-order valence-corrected chi connectivity index (χ2v) is 12.1. The first-order chi connectivity index (χ1) is 20.9. The predicted octanol–water partition coefficient (Wildman–Crippen LogP) is 7.36. The summed E-state index contributed by atoms with van der Waals surface area (Å²) in [6, 6.07) is 19.2. The Hall–Kier alpha value is -4.53. The average Bonchev–Trinajstić information content (AvgIpc) is 3.47. The SMILES string of the molecule is Cc1cc(C(=O)CC(N)=Nc2ccc(CN(C(=O)OC(C)(C)C)[C@H](C(=O)OC3CCCC3)c3ccccc3)cc2)ccc1F. The van der Waals surface area contributed by atoms with Crippen molar-refractivity contribution >= 4 is 29.4 Å². The smallest absolute Gasteiger partial charge is 0.411 e. The van der Waals surface area contributed by atoms with Gasteiger partial charge in [-0.3, -0.25) is 9.69 Å². The number of amidine groups is 1.